The van der Waals surface area contributed by atoms with Crippen LogP contribution < -0.4 is 5.32 Å². The summed E-state index contributed by atoms with van der Waals surface area (Å²) in [5.74, 6) is 1.60. The zero-order valence-corrected chi connectivity index (χ0v) is 19.0. The SMILES string of the molecule is Cc1ccc(Cl)cc1-c1ccc([C@@H]2[C@@H](c3ccccn3)NC(=S)N2Cc2ccncc2)o1. The Balaban J connectivity index is 1.56. The summed E-state index contributed by atoms with van der Waals surface area (Å²) in [7, 11) is 0. The normalized spacial score (nSPS) is 18.1. The van der Waals surface area contributed by atoms with Crippen LogP contribution in [0.25, 0.3) is 11.3 Å². The first-order valence-electron chi connectivity index (χ1n) is 10.3. The predicted molar refractivity (Wildman–Crippen MR) is 129 cm³/mol. The lowest BCUT2D eigenvalue weighted by Crippen LogP contribution is -2.29. The molecule has 7 heteroatoms. The van der Waals surface area contributed by atoms with Gasteiger partial charge < -0.3 is 14.6 Å². The molecule has 0 radical (unpaired) electrons. The minimum absolute atomic E-state index is 0.134. The molecule has 5 nitrogen and oxygen atoms in total. The summed E-state index contributed by atoms with van der Waals surface area (Å²) in [5.41, 5.74) is 4.11. The van der Waals surface area contributed by atoms with Crippen molar-refractivity contribution in [2.24, 2.45) is 0 Å². The lowest BCUT2D eigenvalue weighted by atomic mass is 10.0. The molecule has 3 aromatic heterocycles. The highest BCUT2D eigenvalue weighted by Gasteiger charge is 2.41. The Morgan fingerprint density at radius 3 is 2.69 bits per heavy atom. The fraction of sp³-hybridized carbons (Fsp3) is 0.160. The number of benzene rings is 1. The van der Waals surface area contributed by atoms with Crippen molar-refractivity contribution in [3.8, 4) is 11.3 Å². The van der Waals surface area contributed by atoms with Gasteiger partial charge in [-0.15, -0.1) is 0 Å². The molecular weight excluding hydrogens is 440 g/mol. The quantitative estimate of drug-likeness (QED) is 0.376. The van der Waals surface area contributed by atoms with E-state index in [1.54, 1.807) is 18.6 Å². The molecule has 1 aromatic carbocycles. The standard InChI is InChI=1S/C25H21ClN4OS/c1-16-5-6-18(26)14-19(16)21-7-8-22(31-21)24-23(20-4-2-3-11-28-20)29-25(32)30(24)15-17-9-12-27-13-10-17/h2-14,23-24H,15H2,1H3,(H,29,32)/t23-,24-/m1/s1. The number of pyridine rings is 2. The van der Waals surface area contributed by atoms with Gasteiger partial charge in [0.05, 0.1) is 11.7 Å². The molecule has 0 spiro atoms. The Labute approximate surface area is 197 Å². The molecule has 5 rings (SSSR count). The second kappa shape index (κ2) is 8.73. The Hall–Kier alpha value is -3.22. The first-order valence-corrected chi connectivity index (χ1v) is 11.1. The van der Waals surface area contributed by atoms with Crippen LogP contribution in [-0.4, -0.2) is 20.0 Å². The molecule has 0 bridgehead atoms. The Kier molecular flexibility index (Phi) is 5.64. The molecule has 2 atom stereocenters. The molecule has 4 aromatic rings. The molecular formula is C25H21ClN4OS. The predicted octanol–water partition coefficient (Wildman–Crippen LogP) is 5.87. The number of rotatable bonds is 5. The fourth-order valence-electron chi connectivity index (χ4n) is 4.09. The van der Waals surface area contributed by atoms with E-state index in [2.05, 4.69) is 20.2 Å². The number of hydrogen-bond acceptors (Lipinski definition) is 4. The Bertz CT molecular complexity index is 1250. The van der Waals surface area contributed by atoms with Crippen molar-refractivity contribution in [3.63, 3.8) is 0 Å². The van der Waals surface area contributed by atoms with Gasteiger partial charge in [0.25, 0.3) is 0 Å². The summed E-state index contributed by atoms with van der Waals surface area (Å²) >= 11 is 12.0. The topological polar surface area (TPSA) is 54.2 Å². The summed E-state index contributed by atoms with van der Waals surface area (Å²) in [5, 5.41) is 4.80. The van der Waals surface area contributed by atoms with Gasteiger partial charge in [-0.1, -0.05) is 23.7 Å². The van der Waals surface area contributed by atoms with Crippen molar-refractivity contribution in [2.45, 2.75) is 25.6 Å². The van der Waals surface area contributed by atoms with Gasteiger partial charge >= 0.3 is 0 Å². The number of thiocarbonyl (C=S) groups is 1. The first-order chi connectivity index (χ1) is 15.6. The van der Waals surface area contributed by atoms with Crippen molar-refractivity contribution < 1.29 is 4.42 Å². The number of nitrogens with zero attached hydrogens (tertiary/aromatic N) is 3. The molecule has 32 heavy (non-hydrogen) atoms. The van der Waals surface area contributed by atoms with Gasteiger partial charge in [-0.05, 0) is 78.8 Å². The van der Waals surface area contributed by atoms with E-state index in [9.17, 15) is 0 Å². The Morgan fingerprint density at radius 2 is 1.91 bits per heavy atom. The van der Waals surface area contributed by atoms with Crippen LogP contribution in [-0.2, 0) is 6.54 Å². The molecule has 160 valence electrons. The van der Waals surface area contributed by atoms with Gasteiger partial charge in [0, 0.05) is 35.7 Å². The maximum Gasteiger partial charge on any atom is 0.170 e. The van der Waals surface area contributed by atoms with E-state index in [1.807, 2.05) is 67.6 Å². The van der Waals surface area contributed by atoms with Gasteiger partial charge in [0.15, 0.2) is 5.11 Å². The Morgan fingerprint density at radius 1 is 1.06 bits per heavy atom. The molecule has 1 fully saturated rings. The van der Waals surface area contributed by atoms with Gasteiger partial charge in [0.2, 0.25) is 0 Å². The van der Waals surface area contributed by atoms with Crippen LogP contribution >= 0.6 is 23.8 Å². The average molecular weight is 461 g/mol. The smallest absolute Gasteiger partial charge is 0.170 e. The van der Waals surface area contributed by atoms with Crippen molar-refractivity contribution >= 4 is 28.9 Å². The van der Waals surface area contributed by atoms with E-state index in [4.69, 9.17) is 28.2 Å². The number of nitrogens with one attached hydrogen (secondary N) is 1. The van der Waals surface area contributed by atoms with Gasteiger partial charge in [0.1, 0.15) is 17.6 Å². The van der Waals surface area contributed by atoms with Crippen LogP contribution in [0.5, 0.6) is 0 Å². The molecule has 0 amide bonds. The minimum Gasteiger partial charge on any atom is -0.459 e. The van der Waals surface area contributed by atoms with Crippen molar-refractivity contribution in [1.82, 2.24) is 20.2 Å². The lowest BCUT2D eigenvalue weighted by molar-refractivity contribution is 0.269. The molecule has 0 unspecified atom stereocenters. The maximum atomic E-state index is 6.42. The monoisotopic (exact) mass is 460 g/mol. The third-order valence-corrected chi connectivity index (χ3v) is 6.27. The van der Waals surface area contributed by atoms with Crippen LogP contribution in [0.3, 0.4) is 0 Å². The second-order valence-corrected chi connectivity index (χ2v) is 8.59. The van der Waals surface area contributed by atoms with E-state index in [1.165, 1.54) is 0 Å². The fourth-order valence-corrected chi connectivity index (χ4v) is 4.56. The van der Waals surface area contributed by atoms with Crippen LogP contribution in [0.15, 0.2) is 83.7 Å². The largest absolute Gasteiger partial charge is 0.459 e. The number of halogens is 1. The molecule has 4 heterocycles. The van der Waals surface area contributed by atoms with Crippen molar-refractivity contribution in [1.29, 1.82) is 0 Å². The molecule has 1 aliphatic heterocycles. The summed E-state index contributed by atoms with van der Waals surface area (Å²) in [6, 6.07) is 19.4. The van der Waals surface area contributed by atoms with E-state index in [-0.39, 0.29) is 12.1 Å². The zero-order valence-electron chi connectivity index (χ0n) is 17.4. The van der Waals surface area contributed by atoms with E-state index in [0.29, 0.717) is 16.7 Å². The molecule has 0 saturated carbocycles. The third-order valence-electron chi connectivity index (χ3n) is 5.68. The lowest BCUT2D eigenvalue weighted by Gasteiger charge is -2.26. The van der Waals surface area contributed by atoms with Crippen LogP contribution in [0.1, 0.15) is 34.7 Å². The molecule has 1 aliphatic rings. The molecule has 0 aliphatic carbocycles. The summed E-state index contributed by atoms with van der Waals surface area (Å²) in [6.07, 6.45) is 5.38. The van der Waals surface area contributed by atoms with Crippen LogP contribution in [0.2, 0.25) is 5.02 Å². The second-order valence-electron chi connectivity index (χ2n) is 7.77. The summed E-state index contributed by atoms with van der Waals surface area (Å²) in [6.45, 7) is 2.68. The number of hydrogen-bond donors (Lipinski definition) is 1. The van der Waals surface area contributed by atoms with Gasteiger partial charge in [-0.25, -0.2) is 0 Å². The van der Waals surface area contributed by atoms with Crippen molar-refractivity contribution in [3.05, 3.63) is 107 Å². The summed E-state index contributed by atoms with van der Waals surface area (Å²) in [4.78, 5) is 10.9. The summed E-state index contributed by atoms with van der Waals surface area (Å²) < 4.78 is 6.42. The first kappa shape index (κ1) is 20.7. The zero-order chi connectivity index (χ0) is 22.1. The number of aryl methyl sites for hydroxylation is 1. The van der Waals surface area contributed by atoms with Crippen LogP contribution in [0.4, 0.5) is 0 Å². The van der Waals surface area contributed by atoms with E-state index in [0.717, 1.165) is 33.9 Å². The average Bonchev–Trinajstić information content (AvgIpc) is 3.42. The van der Waals surface area contributed by atoms with Gasteiger partial charge in [-0.3, -0.25) is 9.97 Å². The third kappa shape index (κ3) is 3.99. The maximum absolute atomic E-state index is 6.42. The molecule has 1 N–H and O–H groups in total. The van der Waals surface area contributed by atoms with Crippen molar-refractivity contribution in [2.75, 3.05) is 0 Å². The number of furan rings is 1. The molecule has 1 saturated heterocycles. The highest BCUT2D eigenvalue weighted by atomic mass is 35.5. The van der Waals surface area contributed by atoms with Gasteiger partial charge in [-0.2, -0.15) is 0 Å². The highest BCUT2D eigenvalue weighted by molar-refractivity contribution is 7.80. The number of aromatic nitrogens is 2. The van der Waals surface area contributed by atoms with Crippen LogP contribution in [0, 0.1) is 6.92 Å². The van der Waals surface area contributed by atoms with E-state index < -0.39 is 0 Å². The minimum atomic E-state index is -0.154. The van der Waals surface area contributed by atoms with E-state index >= 15 is 0 Å². The highest BCUT2D eigenvalue weighted by Crippen LogP contribution is 2.41.